The molecule has 5 rings (SSSR count). The topological polar surface area (TPSA) is 114 Å². The monoisotopic (exact) mass is 552 g/mol. The third-order valence-corrected chi connectivity index (χ3v) is 7.25. The molecule has 1 unspecified atom stereocenters. The zero-order chi connectivity index (χ0) is 27.9. The van der Waals surface area contributed by atoms with Crippen LogP contribution in [-0.4, -0.2) is 44.4 Å². The number of fused-ring (bicyclic) bond motifs is 1. The summed E-state index contributed by atoms with van der Waals surface area (Å²) in [7, 11) is 1.54. The van der Waals surface area contributed by atoms with Gasteiger partial charge in [0.15, 0.2) is 11.0 Å². The SMILES string of the molecule is COc1ccc(O)c(/C=N/NC(=O)C(C)Sc2nnc(CNc3cccc4ccccc34)n2-c2ccccc2)c1. The number of amides is 1. The second-order valence-corrected chi connectivity index (χ2v) is 10.2. The van der Waals surface area contributed by atoms with Gasteiger partial charge in [-0.25, -0.2) is 5.43 Å². The number of carbonyl (C=O) groups is 1. The van der Waals surface area contributed by atoms with Crippen LogP contribution in [0.5, 0.6) is 11.5 Å². The van der Waals surface area contributed by atoms with Crippen LogP contribution in [0, 0.1) is 0 Å². The second kappa shape index (κ2) is 12.4. The van der Waals surface area contributed by atoms with Crippen LogP contribution in [0.15, 0.2) is 101 Å². The molecule has 0 aliphatic rings. The summed E-state index contributed by atoms with van der Waals surface area (Å²) in [5.74, 6) is 0.991. The number of thioether (sulfide) groups is 1. The van der Waals surface area contributed by atoms with Crippen LogP contribution < -0.4 is 15.5 Å². The van der Waals surface area contributed by atoms with E-state index in [-0.39, 0.29) is 11.7 Å². The molecule has 0 aliphatic carbocycles. The number of aromatic nitrogens is 3. The van der Waals surface area contributed by atoms with Gasteiger partial charge in [0.25, 0.3) is 5.91 Å². The fourth-order valence-corrected chi connectivity index (χ4v) is 4.99. The van der Waals surface area contributed by atoms with E-state index in [0.717, 1.165) is 22.1 Å². The highest BCUT2D eigenvalue weighted by molar-refractivity contribution is 8.00. The van der Waals surface area contributed by atoms with Crippen molar-refractivity contribution < 1.29 is 14.6 Å². The fourth-order valence-electron chi connectivity index (χ4n) is 4.11. The van der Waals surface area contributed by atoms with Gasteiger partial charge in [-0.3, -0.25) is 9.36 Å². The van der Waals surface area contributed by atoms with Crippen molar-refractivity contribution >= 4 is 40.3 Å². The maximum Gasteiger partial charge on any atom is 0.253 e. The van der Waals surface area contributed by atoms with Crippen molar-refractivity contribution in [1.29, 1.82) is 0 Å². The number of nitrogens with one attached hydrogen (secondary N) is 2. The smallest absolute Gasteiger partial charge is 0.253 e. The number of methoxy groups -OCH3 is 1. The highest BCUT2D eigenvalue weighted by Gasteiger charge is 2.21. The molecule has 1 atom stereocenters. The molecule has 0 radical (unpaired) electrons. The van der Waals surface area contributed by atoms with Gasteiger partial charge in [-0.05, 0) is 48.7 Å². The predicted molar refractivity (Wildman–Crippen MR) is 158 cm³/mol. The minimum absolute atomic E-state index is 0.0295. The van der Waals surface area contributed by atoms with Crippen LogP contribution in [0.25, 0.3) is 16.5 Å². The molecule has 0 saturated heterocycles. The van der Waals surface area contributed by atoms with Crippen molar-refractivity contribution in [3.63, 3.8) is 0 Å². The van der Waals surface area contributed by atoms with Gasteiger partial charge < -0.3 is 15.2 Å². The molecular formula is C30H28N6O3S. The molecule has 0 bridgehead atoms. The van der Waals surface area contributed by atoms with Gasteiger partial charge in [-0.1, -0.05) is 66.4 Å². The number of ether oxygens (including phenoxy) is 1. The Labute approximate surface area is 235 Å². The molecule has 9 nitrogen and oxygen atoms in total. The maximum atomic E-state index is 12.8. The lowest BCUT2D eigenvalue weighted by atomic mass is 10.1. The van der Waals surface area contributed by atoms with E-state index in [1.807, 2.05) is 59.2 Å². The molecule has 0 fully saturated rings. The molecule has 202 valence electrons. The summed E-state index contributed by atoms with van der Waals surface area (Å²) in [6.07, 6.45) is 1.37. The van der Waals surface area contributed by atoms with Crippen LogP contribution in [0.4, 0.5) is 5.69 Å². The molecule has 5 aromatic rings. The third-order valence-electron chi connectivity index (χ3n) is 6.21. The molecule has 4 aromatic carbocycles. The normalized spacial score (nSPS) is 11.9. The van der Waals surface area contributed by atoms with Crippen molar-refractivity contribution in [3.8, 4) is 17.2 Å². The molecular weight excluding hydrogens is 524 g/mol. The predicted octanol–water partition coefficient (Wildman–Crippen LogP) is 5.38. The number of benzene rings is 4. The van der Waals surface area contributed by atoms with Crippen LogP contribution in [0.1, 0.15) is 18.3 Å². The number of phenolic OH excluding ortho intramolecular Hbond substituents is 1. The molecule has 40 heavy (non-hydrogen) atoms. The molecule has 0 saturated carbocycles. The van der Waals surface area contributed by atoms with Gasteiger partial charge in [0, 0.05) is 22.3 Å². The average molecular weight is 553 g/mol. The molecule has 0 spiro atoms. The Bertz CT molecular complexity index is 1650. The quantitative estimate of drug-likeness (QED) is 0.121. The van der Waals surface area contributed by atoms with Crippen molar-refractivity contribution in [3.05, 3.63) is 102 Å². The highest BCUT2D eigenvalue weighted by Crippen LogP contribution is 2.28. The number of hydrogen-bond acceptors (Lipinski definition) is 8. The summed E-state index contributed by atoms with van der Waals surface area (Å²) in [6, 6.07) is 28.9. The summed E-state index contributed by atoms with van der Waals surface area (Å²) in [5, 5.41) is 28.7. The van der Waals surface area contributed by atoms with Gasteiger partial charge in [-0.2, -0.15) is 5.10 Å². The van der Waals surface area contributed by atoms with Gasteiger partial charge in [0.1, 0.15) is 11.5 Å². The number of para-hydroxylation sites is 1. The van der Waals surface area contributed by atoms with Gasteiger partial charge >= 0.3 is 0 Å². The maximum absolute atomic E-state index is 12.8. The van der Waals surface area contributed by atoms with E-state index in [4.69, 9.17) is 4.74 Å². The number of anilines is 1. The van der Waals surface area contributed by atoms with E-state index in [1.54, 1.807) is 19.1 Å². The van der Waals surface area contributed by atoms with E-state index >= 15 is 0 Å². The Kier molecular flexibility index (Phi) is 8.26. The number of hydrogen-bond donors (Lipinski definition) is 3. The van der Waals surface area contributed by atoms with E-state index in [1.165, 1.54) is 31.2 Å². The van der Waals surface area contributed by atoms with Crippen LogP contribution in [0.3, 0.4) is 0 Å². The summed E-state index contributed by atoms with van der Waals surface area (Å²) in [6.45, 7) is 2.21. The first-order valence-corrected chi connectivity index (χ1v) is 13.5. The number of aromatic hydroxyl groups is 1. The number of phenols is 1. The summed E-state index contributed by atoms with van der Waals surface area (Å²) in [4.78, 5) is 12.8. The minimum atomic E-state index is -0.526. The number of nitrogens with zero attached hydrogens (tertiary/aromatic N) is 4. The largest absolute Gasteiger partial charge is 0.507 e. The Morgan fingerprint density at radius 3 is 2.65 bits per heavy atom. The van der Waals surface area contributed by atoms with E-state index in [2.05, 4.69) is 44.2 Å². The Morgan fingerprint density at radius 1 is 1.05 bits per heavy atom. The zero-order valence-corrected chi connectivity index (χ0v) is 22.8. The Morgan fingerprint density at radius 2 is 1.82 bits per heavy atom. The zero-order valence-electron chi connectivity index (χ0n) is 22.0. The minimum Gasteiger partial charge on any atom is -0.507 e. The standard InChI is InChI=1S/C30H28N6O3S/c1-20(29(38)34-32-18-22-17-24(39-2)15-16-27(22)37)40-30-35-33-28(36(30)23-11-4-3-5-12-23)19-31-26-14-8-10-21-9-6-7-13-25(21)26/h3-18,20,31,37H,19H2,1-2H3,(H,34,38)/b32-18+. The fraction of sp³-hybridized carbons (Fsp3) is 0.133. The molecule has 10 heteroatoms. The summed E-state index contributed by atoms with van der Waals surface area (Å²) in [5.41, 5.74) is 4.85. The lowest BCUT2D eigenvalue weighted by Crippen LogP contribution is -2.27. The van der Waals surface area contributed by atoms with E-state index < -0.39 is 5.25 Å². The summed E-state index contributed by atoms with van der Waals surface area (Å²) >= 11 is 1.28. The van der Waals surface area contributed by atoms with Crippen molar-refractivity contribution in [2.75, 3.05) is 12.4 Å². The van der Waals surface area contributed by atoms with Gasteiger partial charge in [-0.15, -0.1) is 10.2 Å². The first kappa shape index (κ1) is 26.8. The highest BCUT2D eigenvalue weighted by atomic mass is 32.2. The van der Waals surface area contributed by atoms with Crippen LogP contribution >= 0.6 is 11.8 Å². The van der Waals surface area contributed by atoms with Crippen LogP contribution in [-0.2, 0) is 11.3 Å². The van der Waals surface area contributed by atoms with Crippen molar-refractivity contribution in [2.24, 2.45) is 5.10 Å². The number of hydrazone groups is 1. The average Bonchev–Trinajstić information content (AvgIpc) is 3.39. The third kappa shape index (κ3) is 6.08. The second-order valence-electron chi connectivity index (χ2n) is 8.87. The molecule has 1 aromatic heterocycles. The lowest BCUT2D eigenvalue weighted by Gasteiger charge is -2.14. The van der Waals surface area contributed by atoms with Gasteiger partial charge in [0.2, 0.25) is 0 Å². The van der Waals surface area contributed by atoms with Crippen molar-refractivity contribution in [1.82, 2.24) is 20.2 Å². The summed E-state index contributed by atoms with van der Waals surface area (Å²) < 4.78 is 7.12. The van der Waals surface area contributed by atoms with Gasteiger partial charge in [0.05, 0.1) is 25.1 Å². The number of rotatable bonds is 10. The first-order chi connectivity index (χ1) is 19.5. The molecule has 1 heterocycles. The van der Waals surface area contributed by atoms with E-state index in [9.17, 15) is 9.90 Å². The van der Waals surface area contributed by atoms with Crippen LogP contribution in [0.2, 0.25) is 0 Å². The molecule has 1 amide bonds. The molecule has 0 aliphatic heterocycles. The lowest BCUT2D eigenvalue weighted by molar-refractivity contribution is -0.120. The van der Waals surface area contributed by atoms with Crippen molar-refractivity contribution in [2.45, 2.75) is 23.9 Å². The van der Waals surface area contributed by atoms with E-state index in [0.29, 0.717) is 28.8 Å². The first-order valence-electron chi connectivity index (χ1n) is 12.6. The Balaban J connectivity index is 1.32. The number of carbonyl (C=O) groups excluding carboxylic acids is 1. The Hall–Kier alpha value is -4.83. The molecule has 3 N–H and O–H groups in total.